The van der Waals surface area contributed by atoms with Gasteiger partial charge >= 0.3 is 0 Å². The summed E-state index contributed by atoms with van der Waals surface area (Å²) < 4.78 is 0. The molecule has 6 nitrogen and oxygen atoms in total. The van der Waals surface area contributed by atoms with E-state index in [9.17, 15) is 9.59 Å². The molecule has 4 aromatic rings. The average molecular weight is 641 g/mol. The first-order chi connectivity index (χ1) is 23.3. The van der Waals surface area contributed by atoms with E-state index in [1.54, 1.807) is 13.8 Å². The molecule has 0 spiro atoms. The van der Waals surface area contributed by atoms with Crippen molar-refractivity contribution >= 4 is 34.6 Å². The summed E-state index contributed by atoms with van der Waals surface area (Å²) >= 11 is 0. The van der Waals surface area contributed by atoms with Crippen molar-refractivity contribution in [1.29, 1.82) is 0 Å². The van der Waals surface area contributed by atoms with Gasteiger partial charge in [-0.25, -0.2) is 0 Å². The monoisotopic (exact) mass is 640 g/mol. The van der Waals surface area contributed by atoms with Crippen LogP contribution in [0.15, 0.2) is 109 Å². The molecule has 2 amide bonds. The third-order valence-corrected chi connectivity index (χ3v) is 10.9. The highest BCUT2D eigenvalue weighted by Gasteiger charge is 2.48. The molecule has 4 aliphatic rings. The summed E-state index contributed by atoms with van der Waals surface area (Å²) in [7, 11) is 0. The Hall–Kier alpha value is -4.58. The van der Waals surface area contributed by atoms with Crippen molar-refractivity contribution in [3.05, 3.63) is 120 Å². The molecular formula is C42H48N4O2. The topological polar surface area (TPSA) is 64.7 Å². The maximum Gasteiger partial charge on any atom is 0.224 e. The molecule has 0 aromatic heterocycles. The van der Waals surface area contributed by atoms with Crippen LogP contribution >= 0.6 is 0 Å². The number of nitrogens with one attached hydrogen (secondary N) is 2. The Morgan fingerprint density at radius 2 is 0.854 bits per heavy atom. The molecule has 2 aliphatic heterocycles. The molecule has 6 heteroatoms. The van der Waals surface area contributed by atoms with Crippen LogP contribution < -0.4 is 20.4 Å². The second-order valence-corrected chi connectivity index (χ2v) is 14.2. The van der Waals surface area contributed by atoms with E-state index in [1.807, 2.05) is 24.3 Å². The highest BCUT2D eigenvalue weighted by atomic mass is 16.2. The van der Waals surface area contributed by atoms with Gasteiger partial charge in [0.1, 0.15) is 0 Å². The molecule has 4 aromatic carbocycles. The number of fused-ring (bicyclic) bond motifs is 2. The molecular weight excluding hydrogens is 592 g/mol. The van der Waals surface area contributed by atoms with Crippen LogP contribution in [0.5, 0.6) is 0 Å². The fraction of sp³-hybridized carbons (Fsp3) is 0.381. The molecule has 6 atom stereocenters. The average Bonchev–Trinajstić information content (AvgIpc) is 4.03. The summed E-state index contributed by atoms with van der Waals surface area (Å²) in [5, 5.41) is 7.44. The number of hydrogen-bond acceptors (Lipinski definition) is 4. The number of rotatable bonds is 6. The highest BCUT2D eigenvalue weighted by Crippen LogP contribution is 2.51. The van der Waals surface area contributed by atoms with Crippen molar-refractivity contribution < 1.29 is 9.59 Å². The van der Waals surface area contributed by atoms with E-state index >= 15 is 0 Å². The van der Waals surface area contributed by atoms with Crippen molar-refractivity contribution in [2.24, 2.45) is 23.7 Å². The standard InChI is InChI=1S/2C21H24N2O/c2*1-14-20(22-17-8-4-3-5-9-17)18-10-6-7-11-19(18)23(15(2)24)21(14)16-12-13-16/h2*3-11,14,16,20-22H,12-13H2,1-2H3/t2*14-,20-,21-/m10/s1. The second-order valence-electron chi connectivity index (χ2n) is 14.2. The summed E-state index contributed by atoms with van der Waals surface area (Å²) in [6.45, 7) is 7.97. The number of anilines is 4. The maximum atomic E-state index is 12.4. The molecule has 2 heterocycles. The normalized spacial score (nSPS) is 25.9. The van der Waals surface area contributed by atoms with E-state index in [-0.39, 0.29) is 23.9 Å². The van der Waals surface area contributed by atoms with Gasteiger partial charge in [0.25, 0.3) is 0 Å². The molecule has 0 saturated heterocycles. The van der Waals surface area contributed by atoms with Crippen LogP contribution in [0.2, 0.25) is 0 Å². The molecule has 2 aliphatic carbocycles. The van der Waals surface area contributed by atoms with Gasteiger partial charge in [-0.3, -0.25) is 9.59 Å². The van der Waals surface area contributed by atoms with E-state index < -0.39 is 0 Å². The fourth-order valence-electron chi connectivity index (χ4n) is 8.45. The van der Waals surface area contributed by atoms with Crippen molar-refractivity contribution in [3.63, 3.8) is 0 Å². The summed E-state index contributed by atoms with van der Waals surface area (Å²) in [5.74, 6) is 2.33. The summed E-state index contributed by atoms with van der Waals surface area (Å²) in [4.78, 5) is 29.0. The van der Waals surface area contributed by atoms with Gasteiger partial charge in [-0.15, -0.1) is 0 Å². The zero-order valence-electron chi connectivity index (χ0n) is 28.6. The first kappa shape index (κ1) is 32.0. The Labute approximate surface area is 285 Å². The lowest BCUT2D eigenvalue weighted by Crippen LogP contribution is -2.51. The minimum atomic E-state index is 0.157. The molecule has 248 valence electrons. The number of para-hydroxylation sites is 4. The van der Waals surface area contributed by atoms with Gasteiger partial charge in [0.05, 0.1) is 12.1 Å². The van der Waals surface area contributed by atoms with Crippen LogP contribution in [0.25, 0.3) is 0 Å². The van der Waals surface area contributed by atoms with Crippen LogP contribution in [0, 0.1) is 23.7 Å². The van der Waals surface area contributed by atoms with E-state index in [1.165, 1.54) is 36.8 Å². The largest absolute Gasteiger partial charge is 0.378 e. The zero-order valence-corrected chi connectivity index (χ0v) is 28.6. The Balaban J connectivity index is 0.000000152. The molecule has 0 bridgehead atoms. The van der Waals surface area contributed by atoms with Crippen LogP contribution in [-0.2, 0) is 9.59 Å². The number of carbonyl (C=O) groups is 2. The van der Waals surface area contributed by atoms with E-state index in [0.29, 0.717) is 35.8 Å². The molecule has 2 N–H and O–H groups in total. The molecule has 2 fully saturated rings. The van der Waals surface area contributed by atoms with Crippen LogP contribution in [0.1, 0.15) is 76.6 Å². The van der Waals surface area contributed by atoms with Crippen LogP contribution in [-0.4, -0.2) is 23.9 Å². The van der Waals surface area contributed by atoms with Gasteiger partial charge in [-0.05, 0) is 85.0 Å². The lowest BCUT2D eigenvalue weighted by Gasteiger charge is -2.46. The molecule has 2 saturated carbocycles. The maximum absolute atomic E-state index is 12.4. The van der Waals surface area contributed by atoms with Gasteiger partial charge in [-0.1, -0.05) is 86.6 Å². The lowest BCUT2D eigenvalue weighted by atomic mass is 9.80. The van der Waals surface area contributed by atoms with Gasteiger partial charge in [0, 0.05) is 60.5 Å². The zero-order chi connectivity index (χ0) is 33.4. The summed E-state index contributed by atoms with van der Waals surface area (Å²) in [5.41, 5.74) is 6.87. The number of nitrogens with zero attached hydrogens (tertiary/aromatic N) is 2. The summed E-state index contributed by atoms with van der Waals surface area (Å²) in [6.07, 6.45) is 4.94. The number of carbonyl (C=O) groups excluding carboxylic acids is 2. The number of amides is 2. The predicted molar refractivity (Wildman–Crippen MR) is 196 cm³/mol. The minimum Gasteiger partial charge on any atom is -0.378 e. The lowest BCUT2D eigenvalue weighted by molar-refractivity contribution is -0.118. The number of hydrogen-bond donors (Lipinski definition) is 2. The van der Waals surface area contributed by atoms with Crippen molar-refractivity contribution in [2.75, 3.05) is 20.4 Å². The Morgan fingerprint density at radius 3 is 1.19 bits per heavy atom. The van der Waals surface area contributed by atoms with Crippen molar-refractivity contribution in [3.8, 4) is 0 Å². The smallest absolute Gasteiger partial charge is 0.224 e. The van der Waals surface area contributed by atoms with Crippen LogP contribution in [0.3, 0.4) is 0 Å². The van der Waals surface area contributed by atoms with Gasteiger partial charge in [-0.2, -0.15) is 0 Å². The highest BCUT2D eigenvalue weighted by molar-refractivity contribution is 5.95. The second kappa shape index (κ2) is 13.5. The van der Waals surface area contributed by atoms with E-state index in [2.05, 4.69) is 119 Å². The molecule has 8 rings (SSSR count). The van der Waals surface area contributed by atoms with Gasteiger partial charge in [0.15, 0.2) is 0 Å². The fourth-order valence-corrected chi connectivity index (χ4v) is 8.45. The summed E-state index contributed by atoms with van der Waals surface area (Å²) in [6, 6.07) is 38.5. The van der Waals surface area contributed by atoms with E-state index in [0.717, 1.165) is 22.7 Å². The first-order valence-corrected chi connectivity index (χ1v) is 17.7. The molecule has 0 unspecified atom stereocenters. The SMILES string of the molecule is CC(=O)N1c2ccccc2[C@@H](Nc2ccccc2)[C@H](C)[C@H]1C1CC1.CC(=O)N1c2ccccc2[C@H](Nc2ccccc2)[C@@H](C)[C@@H]1C1CC1. The van der Waals surface area contributed by atoms with Crippen molar-refractivity contribution in [2.45, 2.75) is 77.5 Å². The van der Waals surface area contributed by atoms with E-state index in [4.69, 9.17) is 0 Å². The first-order valence-electron chi connectivity index (χ1n) is 17.7. The Bertz CT molecular complexity index is 1610. The Kier molecular flexibility index (Phi) is 9.00. The van der Waals surface area contributed by atoms with Crippen molar-refractivity contribution in [1.82, 2.24) is 0 Å². The number of benzene rings is 4. The third-order valence-electron chi connectivity index (χ3n) is 10.9. The Morgan fingerprint density at radius 1 is 0.521 bits per heavy atom. The van der Waals surface area contributed by atoms with Gasteiger partial charge in [0.2, 0.25) is 11.8 Å². The minimum absolute atomic E-state index is 0.157. The third kappa shape index (κ3) is 6.33. The molecule has 48 heavy (non-hydrogen) atoms. The van der Waals surface area contributed by atoms with Gasteiger partial charge < -0.3 is 20.4 Å². The van der Waals surface area contributed by atoms with Crippen LogP contribution in [0.4, 0.5) is 22.7 Å². The molecule has 0 radical (unpaired) electrons. The quantitative estimate of drug-likeness (QED) is 0.221. The predicted octanol–water partition coefficient (Wildman–Crippen LogP) is 9.24.